The molecule has 2 aromatic rings. The minimum atomic E-state index is -0.325. The third-order valence-corrected chi connectivity index (χ3v) is 3.32. The third kappa shape index (κ3) is 3.58. The average molecular weight is 273 g/mol. The minimum absolute atomic E-state index is 0.0375. The van der Waals surface area contributed by atoms with Crippen molar-refractivity contribution in [1.82, 2.24) is 5.32 Å². The van der Waals surface area contributed by atoms with Crippen LogP contribution in [0.3, 0.4) is 0 Å². The maximum Gasteiger partial charge on any atom is 0.165 e. The van der Waals surface area contributed by atoms with E-state index in [4.69, 9.17) is 4.74 Å². The van der Waals surface area contributed by atoms with Crippen LogP contribution in [0.25, 0.3) is 0 Å². The fourth-order valence-corrected chi connectivity index (χ4v) is 2.04. The number of aryl methyl sites for hydroxylation is 2. The Morgan fingerprint density at radius 1 is 1.05 bits per heavy atom. The van der Waals surface area contributed by atoms with E-state index in [9.17, 15) is 4.39 Å². The number of benzene rings is 2. The van der Waals surface area contributed by atoms with Crippen molar-refractivity contribution in [2.75, 3.05) is 13.7 Å². The van der Waals surface area contributed by atoms with Crippen LogP contribution in [0.15, 0.2) is 42.5 Å². The molecular formula is C17H20FNO. The first-order chi connectivity index (χ1) is 9.60. The van der Waals surface area contributed by atoms with Gasteiger partial charge in [0.15, 0.2) is 11.6 Å². The monoisotopic (exact) mass is 273 g/mol. The molecule has 0 bridgehead atoms. The van der Waals surface area contributed by atoms with Gasteiger partial charge in [0.05, 0.1) is 6.04 Å². The van der Waals surface area contributed by atoms with Crippen molar-refractivity contribution in [2.45, 2.75) is 19.9 Å². The van der Waals surface area contributed by atoms with Gasteiger partial charge in [0, 0.05) is 0 Å². The summed E-state index contributed by atoms with van der Waals surface area (Å²) in [7, 11) is 1.88. The molecule has 2 nitrogen and oxygen atoms in total. The molecule has 0 heterocycles. The smallest absolute Gasteiger partial charge is 0.165 e. The first-order valence-electron chi connectivity index (χ1n) is 6.73. The highest BCUT2D eigenvalue weighted by Crippen LogP contribution is 2.21. The second kappa shape index (κ2) is 6.53. The van der Waals surface area contributed by atoms with Gasteiger partial charge in [-0.15, -0.1) is 0 Å². The van der Waals surface area contributed by atoms with Crippen LogP contribution in [-0.2, 0) is 0 Å². The Morgan fingerprint density at radius 2 is 1.70 bits per heavy atom. The number of nitrogens with one attached hydrogen (secondary N) is 1. The van der Waals surface area contributed by atoms with Gasteiger partial charge in [0.25, 0.3) is 0 Å². The van der Waals surface area contributed by atoms with E-state index in [1.807, 2.05) is 14.0 Å². The first kappa shape index (κ1) is 14.5. The Labute approximate surface area is 119 Å². The molecule has 0 aliphatic carbocycles. The topological polar surface area (TPSA) is 21.3 Å². The molecule has 2 rings (SSSR count). The molecule has 0 aromatic heterocycles. The molecule has 0 saturated heterocycles. The molecule has 20 heavy (non-hydrogen) atoms. The van der Waals surface area contributed by atoms with Crippen LogP contribution in [0.4, 0.5) is 4.39 Å². The van der Waals surface area contributed by atoms with Crippen LogP contribution in [0.2, 0.25) is 0 Å². The zero-order chi connectivity index (χ0) is 14.5. The second-order valence-corrected chi connectivity index (χ2v) is 5.00. The van der Waals surface area contributed by atoms with Gasteiger partial charge in [-0.3, -0.25) is 0 Å². The van der Waals surface area contributed by atoms with E-state index in [-0.39, 0.29) is 11.9 Å². The van der Waals surface area contributed by atoms with E-state index < -0.39 is 0 Å². The van der Waals surface area contributed by atoms with Crippen molar-refractivity contribution in [3.05, 3.63) is 65.0 Å². The predicted molar refractivity (Wildman–Crippen MR) is 79.6 cm³/mol. The van der Waals surface area contributed by atoms with Gasteiger partial charge in [-0.1, -0.05) is 35.9 Å². The number of likely N-dealkylation sites (N-methyl/N-ethyl adjacent to an activating group) is 1. The normalized spacial score (nSPS) is 12.2. The summed E-state index contributed by atoms with van der Waals surface area (Å²) in [6, 6.07) is 13.2. The van der Waals surface area contributed by atoms with E-state index in [0.717, 1.165) is 11.1 Å². The molecule has 0 aliphatic rings. The summed E-state index contributed by atoms with van der Waals surface area (Å²) < 4.78 is 19.3. The molecule has 0 radical (unpaired) electrons. The second-order valence-electron chi connectivity index (χ2n) is 5.00. The molecule has 0 amide bonds. The van der Waals surface area contributed by atoms with E-state index >= 15 is 0 Å². The number of hydrogen-bond donors (Lipinski definition) is 1. The summed E-state index contributed by atoms with van der Waals surface area (Å²) in [4.78, 5) is 0. The van der Waals surface area contributed by atoms with Gasteiger partial charge >= 0.3 is 0 Å². The minimum Gasteiger partial charge on any atom is -0.489 e. The summed E-state index contributed by atoms with van der Waals surface area (Å²) >= 11 is 0. The molecule has 1 atom stereocenters. The lowest BCUT2D eigenvalue weighted by atomic mass is 10.1. The molecular weight excluding hydrogens is 253 g/mol. The van der Waals surface area contributed by atoms with Crippen LogP contribution in [-0.4, -0.2) is 13.7 Å². The zero-order valence-corrected chi connectivity index (χ0v) is 12.1. The standard InChI is InChI=1S/C17H20FNO/c1-12-4-7-14(8-5-12)16(19-3)11-20-17-10-13(2)6-9-15(17)18/h4-10,16,19H,11H2,1-3H3. The highest BCUT2D eigenvalue weighted by atomic mass is 19.1. The lowest BCUT2D eigenvalue weighted by Crippen LogP contribution is -2.23. The Balaban J connectivity index is 2.07. The highest BCUT2D eigenvalue weighted by Gasteiger charge is 2.11. The van der Waals surface area contributed by atoms with Crippen molar-refractivity contribution in [3.8, 4) is 5.75 Å². The molecule has 1 unspecified atom stereocenters. The van der Waals surface area contributed by atoms with Gasteiger partial charge < -0.3 is 10.1 Å². The van der Waals surface area contributed by atoms with Crippen LogP contribution >= 0.6 is 0 Å². The highest BCUT2D eigenvalue weighted by molar-refractivity contribution is 5.30. The van der Waals surface area contributed by atoms with Crippen molar-refractivity contribution < 1.29 is 9.13 Å². The van der Waals surface area contributed by atoms with Crippen molar-refractivity contribution in [2.24, 2.45) is 0 Å². The van der Waals surface area contributed by atoms with Gasteiger partial charge in [0.1, 0.15) is 6.61 Å². The molecule has 106 valence electrons. The van der Waals surface area contributed by atoms with Crippen LogP contribution in [0.1, 0.15) is 22.7 Å². The Kier molecular flexibility index (Phi) is 4.74. The number of hydrogen-bond acceptors (Lipinski definition) is 2. The van der Waals surface area contributed by atoms with E-state index in [0.29, 0.717) is 12.4 Å². The molecule has 0 spiro atoms. The summed E-state index contributed by atoms with van der Waals surface area (Å²) in [6.45, 7) is 4.36. The summed E-state index contributed by atoms with van der Waals surface area (Å²) in [6.07, 6.45) is 0. The largest absolute Gasteiger partial charge is 0.489 e. The predicted octanol–water partition coefficient (Wildman–Crippen LogP) is 3.78. The maximum atomic E-state index is 13.6. The number of halogens is 1. The summed E-state index contributed by atoms with van der Waals surface area (Å²) in [5, 5.41) is 3.19. The molecule has 3 heteroatoms. The fourth-order valence-electron chi connectivity index (χ4n) is 2.04. The quantitative estimate of drug-likeness (QED) is 0.895. The maximum absolute atomic E-state index is 13.6. The van der Waals surface area contributed by atoms with Gasteiger partial charge in [-0.05, 0) is 44.2 Å². The van der Waals surface area contributed by atoms with Gasteiger partial charge in [-0.2, -0.15) is 0 Å². The molecule has 1 N–H and O–H groups in total. The Morgan fingerprint density at radius 3 is 2.35 bits per heavy atom. The Bertz CT molecular complexity index is 566. The van der Waals surface area contributed by atoms with Crippen molar-refractivity contribution in [3.63, 3.8) is 0 Å². The van der Waals surface area contributed by atoms with Crippen molar-refractivity contribution in [1.29, 1.82) is 0 Å². The zero-order valence-electron chi connectivity index (χ0n) is 12.1. The third-order valence-electron chi connectivity index (χ3n) is 3.32. The van der Waals surface area contributed by atoms with Crippen LogP contribution < -0.4 is 10.1 Å². The number of rotatable bonds is 5. The first-order valence-corrected chi connectivity index (χ1v) is 6.73. The van der Waals surface area contributed by atoms with Gasteiger partial charge in [-0.25, -0.2) is 4.39 Å². The van der Waals surface area contributed by atoms with E-state index in [1.165, 1.54) is 11.6 Å². The van der Waals surface area contributed by atoms with E-state index in [2.05, 4.69) is 36.5 Å². The fraction of sp³-hybridized carbons (Fsp3) is 0.294. The van der Waals surface area contributed by atoms with Gasteiger partial charge in [0.2, 0.25) is 0 Å². The Hall–Kier alpha value is -1.87. The van der Waals surface area contributed by atoms with Crippen LogP contribution in [0.5, 0.6) is 5.75 Å². The van der Waals surface area contributed by atoms with E-state index in [1.54, 1.807) is 12.1 Å². The lowest BCUT2D eigenvalue weighted by molar-refractivity contribution is 0.261. The lowest BCUT2D eigenvalue weighted by Gasteiger charge is -2.18. The van der Waals surface area contributed by atoms with Crippen LogP contribution in [0, 0.1) is 19.7 Å². The molecule has 0 aliphatic heterocycles. The molecule has 0 fully saturated rings. The number of ether oxygens (including phenoxy) is 1. The molecule has 0 saturated carbocycles. The molecule has 2 aromatic carbocycles. The summed E-state index contributed by atoms with van der Waals surface area (Å²) in [5.41, 5.74) is 3.33. The average Bonchev–Trinajstić information content (AvgIpc) is 2.45. The summed E-state index contributed by atoms with van der Waals surface area (Å²) in [5.74, 6) is -0.0216. The SMILES string of the molecule is CNC(COc1cc(C)ccc1F)c1ccc(C)cc1. The van der Waals surface area contributed by atoms with Crippen molar-refractivity contribution >= 4 is 0 Å².